The molecule has 7 nitrogen and oxygen atoms in total. The maximum Gasteiger partial charge on any atom is 0.220 e. The Morgan fingerprint density at radius 3 is 2.80 bits per heavy atom. The number of nitrogens with zero attached hydrogens (tertiary/aromatic N) is 4. The zero-order valence-corrected chi connectivity index (χ0v) is 13.9. The Morgan fingerprint density at radius 2 is 2.08 bits per heavy atom. The molecule has 2 N–H and O–H groups in total. The van der Waals surface area contributed by atoms with Gasteiger partial charge in [-0.2, -0.15) is 15.3 Å². The predicted molar refractivity (Wildman–Crippen MR) is 93.4 cm³/mol. The van der Waals surface area contributed by atoms with Crippen LogP contribution >= 0.6 is 0 Å². The average Bonchev–Trinajstić information content (AvgIpc) is 3.26. The molecular weight excluding hydrogens is 316 g/mol. The third kappa shape index (κ3) is 4.73. The third-order valence-electron chi connectivity index (χ3n) is 4.13. The molecule has 2 aromatic heterocycles. The highest BCUT2D eigenvalue weighted by Crippen LogP contribution is 2.37. The smallest absolute Gasteiger partial charge is 0.220 e. The molecule has 25 heavy (non-hydrogen) atoms. The fourth-order valence-corrected chi connectivity index (χ4v) is 2.57. The van der Waals surface area contributed by atoms with Gasteiger partial charge in [0.2, 0.25) is 5.91 Å². The van der Waals surface area contributed by atoms with Crippen LogP contribution in [-0.2, 0) is 11.2 Å². The molecule has 0 fully saturated rings. The van der Waals surface area contributed by atoms with Crippen LogP contribution in [0.15, 0.2) is 40.8 Å². The molecule has 3 rings (SSSR count). The molecule has 0 aromatic carbocycles. The monoisotopic (exact) mass is 336 g/mol. The van der Waals surface area contributed by atoms with Crippen molar-refractivity contribution in [1.82, 2.24) is 20.5 Å². The van der Waals surface area contributed by atoms with Gasteiger partial charge in [-0.1, -0.05) is 0 Å². The minimum Gasteiger partial charge on any atom is -0.356 e. The number of aromatic nitrogens is 3. The molecule has 0 bridgehead atoms. The summed E-state index contributed by atoms with van der Waals surface area (Å²) in [6.07, 6.45) is 11.8. The summed E-state index contributed by atoms with van der Waals surface area (Å²) in [5.74, 6) is 2.59. The van der Waals surface area contributed by atoms with Gasteiger partial charge in [-0.3, -0.25) is 14.9 Å². The summed E-state index contributed by atoms with van der Waals surface area (Å²) in [6.45, 7) is 0.558. The Balaban J connectivity index is 1.38. The van der Waals surface area contributed by atoms with Crippen LogP contribution in [0.25, 0.3) is 11.3 Å². The largest absolute Gasteiger partial charge is 0.356 e. The van der Waals surface area contributed by atoms with Gasteiger partial charge in [0.1, 0.15) is 0 Å². The molecule has 1 aliphatic rings. The van der Waals surface area contributed by atoms with Crippen molar-refractivity contribution in [2.45, 2.75) is 37.8 Å². The molecule has 1 aliphatic heterocycles. The van der Waals surface area contributed by atoms with Gasteiger partial charge in [0.25, 0.3) is 0 Å². The standard InChI is InChI=1S/C18H20N6O/c1-2-3-8-18(23-24-18)9-4-17(25)20-12-7-15-13-16(22-21-15)14-5-10-19-11-6-14/h1,5-6,10-11,13H,3-4,7-9,12H2,(H,20,25)(H,21,22). The molecule has 0 aliphatic carbocycles. The maximum absolute atomic E-state index is 11.9. The Labute approximate surface area is 146 Å². The van der Waals surface area contributed by atoms with Crippen LogP contribution in [0.3, 0.4) is 0 Å². The number of aromatic amines is 1. The topological polar surface area (TPSA) is 95.4 Å². The molecule has 1 amide bonds. The maximum atomic E-state index is 11.9. The summed E-state index contributed by atoms with van der Waals surface area (Å²) < 4.78 is 0. The predicted octanol–water partition coefficient (Wildman–Crippen LogP) is 2.49. The van der Waals surface area contributed by atoms with E-state index in [9.17, 15) is 4.79 Å². The van der Waals surface area contributed by atoms with Gasteiger partial charge in [-0.05, 0) is 18.2 Å². The summed E-state index contributed by atoms with van der Waals surface area (Å²) in [6, 6.07) is 5.80. The highest BCUT2D eigenvalue weighted by Gasteiger charge is 2.39. The van der Waals surface area contributed by atoms with E-state index in [1.165, 1.54) is 0 Å². The van der Waals surface area contributed by atoms with E-state index in [0.29, 0.717) is 32.2 Å². The first-order valence-electron chi connectivity index (χ1n) is 8.30. The summed E-state index contributed by atoms with van der Waals surface area (Å²) in [7, 11) is 0. The summed E-state index contributed by atoms with van der Waals surface area (Å²) in [5.41, 5.74) is 2.46. The molecular formula is C18H20N6O. The number of carbonyl (C=O) groups excluding carboxylic acids is 1. The first-order valence-corrected chi connectivity index (χ1v) is 8.30. The van der Waals surface area contributed by atoms with Gasteiger partial charge < -0.3 is 5.32 Å². The molecule has 0 unspecified atom stereocenters. The molecule has 0 saturated carbocycles. The van der Waals surface area contributed by atoms with Crippen LogP contribution in [0.4, 0.5) is 0 Å². The molecule has 3 heterocycles. The van der Waals surface area contributed by atoms with Crippen LogP contribution in [0.1, 0.15) is 31.4 Å². The summed E-state index contributed by atoms with van der Waals surface area (Å²) in [5, 5.41) is 18.3. The first-order chi connectivity index (χ1) is 12.2. The van der Waals surface area contributed by atoms with Crippen LogP contribution < -0.4 is 5.32 Å². The zero-order chi connectivity index (χ0) is 17.5. The highest BCUT2D eigenvalue weighted by molar-refractivity contribution is 5.76. The van der Waals surface area contributed by atoms with Gasteiger partial charge in [-0.15, -0.1) is 12.3 Å². The molecule has 128 valence electrons. The van der Waals surface area contributed by atoms with Crippen molar-refractivity contribution in [3.8, 4) is 23.6 Å². The number of amides is 1. The Bertz CT molecular complexity index is 783. The molecule has 0 atom stereocenters. The van der Waals surface area contributed by atoms with Gasteiger partial charge in [0.15, 0.2) is 5.66 Å². The van der Waals surface area contributed by atoms with Crippen molar-refractivity contribution < 1.29 is 4.79 Å². The Hall–Kier alpha value is -3.01. The molecule has 0 saturated heterocycles. The normalized spacial score (nSPS) is 14.0. The number of rotatable bonds is 9. The van der Waals surface area contributed by atoms with E-state index < -0.39 is 5.66 Å². The second-order valence-corrected chi connectivity index (χ2v) is 6.00. The van der Waals surface area contributed by atoms with Crippen molar-refractivity contribution in [1.29, 1.82) is 0 Å². The van der Waals surface area contributed by atoms with E-state index in [1.807, 2.05) is 18.2 Å². The lowest BCUT2D eigenvalue weighted by molar-refractivity contribution is -0.121. The summed E-state index contributed by atoms with van der Waals surface area (Å²) in [4.78, 5) is 15.9. The van der Waals surface area contributed by atoms with Crippen molar-refractivity contribution >= 4 is 5.91 Å². The fraction of sp³-hybridized carbons (Fsp3) is 0.389. The van der Waals surface area contributed by atoms with E-state index in [2.05, 4.69) is 36.6 Å². The van der Waals surface area contributed by atoms with E-state index >= 15 is 0 Å². The lowest BCUT2D eigenvalue weighted by atomic mass is 10.0. The van der Waals surface area contributed by atoms with Crippen molar-refractivity contribution in [2.24, 2.45) is 10.2 Å². The minimum atomic E-state index is -0.396. The van der Waals surface area contributed by atoms with Crippen molar-refractivity contribution in [3.63, 3.8) is 0 Å². The van der Waals surface area contributed by atoms with Gasteiger partial charge >= 0.3 is 0 Å². The molecule has 0 spiro atoms. The van der Waals surface area contributed by atoms with Crippen LogP contribution in [0.2, 0.25) is 0 Å². The fourth-order valence-electron chi connectivity index (χ4n) is 2.57. The van der Waals surface area contributed by atoms with Crippen LogP contribution in [0, 0.1) is 12.3 Å². The number of hydrogen-bond donors (Lipinski definition) is 2. The summed E-state index contributed by atoms with van der Waals surface area (Å²) >= 11 is 0. The van der Waals surface area contributed by atoms with E-state index in [4.69, 9.17) is 6.42 Å². The Kier molecular flexibility index (Phi) is 5.19. The van der Waals surface area contributed by atoms with Crippen molar-refractivity contribution in [2.75, 3.05) is 6.54 Å². The number of carbonyl (C=O) groups is 1. The number of nitrogens with one attached hydrogen (secondary N) is 2. The van der Waals surface area contributed by atoms with Crippen LogP contribution in [-0.4, -0.2) is 33.3 Å². The Morgan fingerprint density at radius 1 is 1.28 bits per heavy atom. The molecule has 7 heteroatoms. The lowest BCUT2D eigenvalue weighted by Gasteiger charge is -2.08. The molecule has 2 aromatic rings. The third-order valence-corrected chi connectivity index (χ3v) is 4.13. The SMILES string of the molecule is C#CCCC1(CCC(=O)NCCc2cc(-c3ccncc3)n[nH]2)N=N1. The second kappa shape index (κ2) is 7.71. The van der Waals surface area contributed by atoms with Gasteiger partial charge in [0, 0.05) is 62.3 Å². The average molecular weight is 336 g/mol. The lowest BCUT2D eigenvalue weighted by Crippen LogP contribution is -2.27. The number of pyridine rings is 1. The van der Waals surface area contributed by atoms with Crippen LogP contribution in [0.5, 0.6) is 0 Å². The quantitative estimate of drug-likeness (QED) is 0.689. The van der Waals surface area contributed by atoms with E-state index in [0.717, 1.165) is 23.4 Å². The number of terminal acetylenes is 1. The highest BCUT2D eigenvalue weighted by atomic mass is 16.1. The van der Waals surface area contributed by atoms with E-state index in [1.54, 1.807) is 12.4 Å². The second-order valence-electron chi connectivity index (χ2n) is 6.00. The molecule has 0 radical (unpaired) electrons. The van der Waals surface area contributed by atoms with E-state index in [-0.39, 0.29) is 5.91 Å². The minimum absolute atomic E-state index is 0.00579. The van der Waals surface area contributed by atoms with Gasteiger partial charge in [-0.25, -0.2) is 0 Å². The number of H-pyrrole nitrogens is 1. The zero-order valence-electron chi connectivity index (χ0n) is 13.9. The number of hydrogen-bond acceptors (Lipinski definition) is 5. The van der Waals surface area contributed by atoms with Gasteiger partial charge in [0.05, 0.1) is 5.69 Å². The first kappa shape index (κ1) is 16.8. The van der Waals surface area contributed by atoms with Crippen molar-refractivity contribution in [3.05, 3.63) is 36.3 Å².